The fourth-order valence-electron chi connectivity index (χ4n) is 4.83. The minimum atomic E-state index is -0.0761. The molecule has 0 aromatic heterocycles. The maximum absolute atomic E-state index is 13.4. The van der Waals surface area contributed by atoms with E-state index in [1.807, 2.05) is 12.1 Å². The van der Waals surface area contributed by atoms with Crippen LogP contribution in [0.2, 0.25) is 0 Å². The van der Waals surface area contributed by atoms with Gasteiger partial charge in [0.2, 0.25) is 0 Å². The van der Waals surface area contributed by atoms with Crippen molar-refractivity contribution in [3.05, 3.63) is 65.2 Å². The van der Waals surface area contributed by atoms with Gasteiger partial charge in [-0.15, -0.1) is 0 Å². The summed E-state index contributed by atoms with van der Waals surface area (Å²) < 4.78 is 10.8. The number of aryl methyl sites for hydroxylation is 1. The van der Waals surface area contributed by atoms with Crippen LogP contribution in [0.25, 0.3) is 0 Å². The van der Waals surface area contributed by atoms with E-state index in [-0.39, 0.29) is 17.9 Å². The number of nitrogens with zero attached hydrogens (tertiary/aromatic N) is 3. The predicted octanol–water partition coefficient (Wildman–Crippen LogP) is 2.88. The van der Waals surface area contributed by atoms with Gasteiger partial charge < -0.3 is 9.47 Å². The van der Waals surface area contributed by atoms with Crippen molar-refractivity contribution in [2.24, 2.45) is 11.0 Å². The molecule has 1 amide bonds. The standard InChI is InChI=1S/C24H27N3O3/c1-29-19-9-6-18(7-10-19)24-21-11-8-17-4-2-3-5-20(17)23(21)25-27(24)22(28)16-26-12-14-30-15-13-26/h2-7,9-10,21,24H,8,11-16H2,1H3. The highest BCUT2D eigenvalue weighted by atomic mass is 16.5. The van der Waals surface area contributed by atoms with E-state index in [9.17, 15) is 4.79 Å². The smallest absolute Gasteiger partial charge is 0.257 e. The first kappa shape index (κ1) is 19.3. The molecule has 2 aromatic rings. The minimum Gasteiger partial charge on any atom is -0.497 e. The summed E-state index contributed by atoms with van der Waals surface area (Å²) in [5, 5.41) is 6.68. The van der Waals surface area contributed by atoms with E-state index < -0.39 is 0 Å². The molecule has 2 aromatic carbocycles. The lowest BCUT2D eigenvalue weighted by Crippen LogP contribution is -2.44. The number of rotatable bonds is 4. The topological polar surface area (TPSA) is 54.4 Å². The van der Waals surface area contributed by atoms with Gasteiger partial charge in [0.25, 0.3) is 5.91 Å². The van der Waals surface area contributed by atoms with Gasteiger partial charge in [0, 0.05) is 24.6 Å². The van der Waals surface area contributed by atoms with E-state index in [0.717, 1.165) is 43.0 Å². The molecule has 2 aliphatic heterocycles. The van der Waals surface area contributed by atoms with Crippen LogP contribution >= 0.6 is 0 Å². The molecule has 1 saturated heterocycles. The first-order chi connectivity index (χ1) is 14.7. The lowest BCUT2D eigenvalue weighted by atomic mass is 9.77. The SMILES string of the molecule is COc1ccc(C2C3CCc4ccccc4C3=NN2C(=O)CN2CCOCC2)cc1. The first-order valence-corrected chi connectivity index (χ1v) is 10.7. The Balaban J connectivity index is 1.49. The maximum atomic E-state index is 13.4. The van der Waals surface area contributed by atoms with Crippen molar-refractivity contribution in [2.45, 2.75) is 18.9 Å². The maximum Gasteiger partial charge on any atom is 0.257 e. The minimum absolute atomic E-state index is 0.0529. The molecule has 1 aliphatic carbocycles. The van der Waals surface area contributed by atoms with Crippen molar-refractivity contribution >= 4 is 11.6 Å². The number of amides is 1. The van der Waals surface area contributed by atoms with Crippen LogP contribution < -0.4 is 4.74 Å². The second-order valence-electron chi connectivity index (χ2n) is 8.13. The number of carbonyl (C=O) groups excluding carboxylic acids is 1. The molecule has 2 unspecified atom stereocenters. The highest BCUT2D eigenvalue weighted by Gasteiger charge is 2.43. The van der Waals surface area contributed by atoms with Gasteiger partial charge in [-0.3, -0.25) is 9.69 Å². The van der Waals surface area contributed by atoms with Crippen LogP contribution in [0.15, 0.2) is 53.6 Å². The van der Waals surface area contributed by atoms with Crippen LogP contribution in [-0.2, 0) is 16.0 Å². The number of hydrogen-bond acceptors (Lipinski definition) is 5. The first-order valence-electron chi connectivity index (χ1n) is 10.7. The van der Waals surface area contributed by atoms with Crippen LogP contribution in [0.4, 0.5) is 0 Å². The zero-order valence-corrected chi connectivity index (χ0v) is 17.3. The Bertz CT molecular complexity index is 950. The zero-order chi connectivity index (χ0) is 20.5. The van der Waals surface area contributed by atoms with Gasteiger partial charge in [-0.1, -0.05) is 36.4 Å². The number of methoxy groups -OCH3 is 1. The van der Waals surface area contributed by atoms with E-state index in [1.165, 1.54) is 11.1 Å². The largest absolute Gasteiger partial charge is 0.497 e. The Morgan fingerprint density at radius 2 is 1.90 bits per heavy atom. The summed E-state index contributed by atoms with van der Waals surface area (Å²) in [4.78, 5) is 15.5. The molecule has 0 saturated carbocycles. The lowest BCUT2D eigenvalue weighted by Gasteiger charge is -2.31. The van der Waals surface area contributed by atoms with Gasteiger partial charge in [0.05, 0.1) is 38.6 Å². The molecule has 0 radical (unpaired) electrons. The van der Waals surface area contributed by atoms with Crippen molar-refractivity contribution < 1.29 is 14.3 Å². The van der Waals surface area contributed by atoms with Crippen LogP contribution in [0, 0.1) is 5.92 Å². The Kier molecular flexibility index (Phi) is 5.27. The van der Waals surface area contributed by atoms with E-state index in [4.69, 9.17) is 14.6 Å². The summed E-state index contributed by atoms with van der Waals surface area (Å²) in [7, 11) is 1.67. The van der Waals surface area contributed by atoms with Crippen LogP contribution in [-0.4, -0.2) is 61.5 Å². The molecule has 30 heavy (non-hydrogen) atoms. The van der Waals surface area contributed by atoms with E-state index in [1.54, 1.807) is 12.1 Å². The number of carbonyl (C=O) groups is 1. The molecule has 6 heteroatoms. The van der Waals surface area contributed by atoms with Crippen molar-refractivity contribution in [2.75, 3.05) is 40.0 Å². The predicted molar refractivity (Wildman–Crippen MR) is 115 cm³/mol. The average Bonchev–Trinajstić information content (AvgIpc) is 3.20. The Hall–Kier alpha value is -2.70. The Morgan fingerprint density at radius 1 is 1.13 bits per heavy atom. The second kappa shape index (κ2) is 8.20. The number of ether oxygens (including phenoxy) is 2. The van der Waals surface area contributed by atoms with E-state index in [2.05, 4.69) is 41.3 Å². The fraction of sp³-hybridized carbons (Fsp3) is 0.417. The van der Waals surface area contributed by atoms with Crippen LogP contribution in [0.3, 0.4) is 0 Å². The van der Waals surface area contributed by atoms with Gasteiger partial charge in [-0.2, -0.15) is 5.10 Å². The highest BCUT2D eigenvalue weighted by Crippen LogP contribution is 2.43. The third kappa shape index (κ3) is 3.50. The molecule has 2 atom stereocenters. The van der Waals surface area contributed by atoms with Gasteiger partial charge in [0.15, 0.2) is 0 Å². The lowest BCUT2D eigenvalue weighted by molar-refractivity contribution is -0.135. The van der Waals surface area contributed by atoms with E-state index in [0.29, 0.717) is 19.8 Å². The van der Waals surface area contributed by atoms with Crippen molar-refractivity contribution in [3.63, 3.8) is 0 Å². The molecule has 6 nitrogen and oxygen atoms in total. The highest BCUT2D eigenvalue weighted by molar-refractivity contribution is 6.06. The molecule has 0 spiro atoms. The fourth-order valence-corrected chi connectivity index (χ4v) is 4.83. The molecule has 0 N–H and O–H groups in total. The van der Waals surface area contributed by atoms with Crippen molar-refractivity contribution in [1.29, 1.82) is 0 Å². The molecular formula is C24H27N3O3. The van der Waals surface area contributed by atoms with E-state index >= 15 is 0 Å². The summed E-state index contributed by atoms with van der Waals surface area (Å²) in [5.41, 5.74) is 4.67. The molecule has 156 valence electrons. The quantitative estimate of drug-likeness (QED) is 0.785. The third-order valence-electron chi connectivity index (χ3n) is 6.40. The van der Waals surface area contributed by atoms with Crippen molar-refractivity contribution in [1.82, 2.24) is 9.91 Å². The summed E-state index contributed by atoms with van der Waals surface area (Å²) in [5.74, 6) is 1.08. The van der Waals surface area contributed by atoms with Crippen molar-refractivity contribution in [3.8, 4) is 5.75 Å². The average molecular weight is 405 g/mol. The van der Waals surface area contributed by atoms with Gasteiger partial charge >= 0.3 is 0 Å². The Morgan fingerprint density at radius 3 is 2.67 bits per heavy atom. The number of fused-ring (bicyclic) bond motifs is 3. The van der Waals surface area contributed by atoms with Gasteiger partial charge in [-0.05, 0) is 36.1 Å². The normalized spacial score (nSPS) is 23.5. The number of hydrogen-bond donors (Lipinski definition) is 0. The Labute approximate surface area is 177 Å². The second-order valence-corrected chi connectivity index (χ2v) is 8.13. The van der Waals surface area contributed by atoms with Gasteiger partial charge in [-0.25, -0.2) is 5.01 Å². The molecular weight excluding hydrogens is 378 g/mol. The monoisotopic (exact) mass is 405 g/mol. The molecule has 0 bridgehead atoms. The zero-order valence-electron chi connectivity index (χ0n) is 17.3. The third-order valence-corrected chi connectivity index (χ3v) is 6.40. The summed E-state index contributed by atoms with van der Waals surface area (Å²) >= 11 is 0. The van der Waals surface area contributed by atoms with Crippen LogP contribution in [0.5, 0.6) is 5.75 Å². The summed E-state index contributed by atoms with van der Waals surface area (Å²) in [6, 6.07) is 16.4. The number of hydrazone groups is 1. The molecule has 2 heterocycles. The molecule has 3 aliphatic rings. The number of morpholine rings is 1. The van der Waals surface area contributed by atoms with Gasteiger partial charge in [0.1, 0.15) is 5.75 Å². The molecule has 5 rings (SSSR count). The molecule has 1 fully saturated rings. The summed E-state index contributed by atoms with van der Waals surface area (Å²) in [6.07, 6.45) is 2.01. The van der Waals surface area contributed by atoms with Crippen LogP contribution in [0.1, 0.15) is 29.2 Å². The number of benzene rings is 2. The summed E-state index contributed by atoms with van der Waals surface area (Å²) in [6.45, 7) is 3.31.